The minimum Gasteiger partial charge on any atom is -0.314 e. The summed E-state index contributed by atoms with van der Waals surface area (Å²) < 4.78 is 0. The third-order valence-electron chi connectivity index (χ3n) is 6.00. The fraction of sp³-hybridized carbons (Fsp3) is 1.00. The van der Waals surface area contributed by atoms with Crippen LogP contribution in [0.1, 0.15) is 70.6 Å². The first-order chi connectivity index (χ1) is 9.33. The van der Waals surface area contributed by atoms with Gasteiger partial charge >= 0.3 is 0 Å². The SMILES string of the molecule is CN1C2CCC1CC(CNC1CCCCCCC1)C2. The second-order valence-corrected chi connectivity index (χ2v) is 7.34. The molecule has 3 aliphatic rings. The maximum Gasteiger partial charge on any atom is 0.00988 e. The zero-order valence-corrected chi connectivity index (χ0v) is 12.7. The van der Waals surface area contributed by atoms with Gasteiger partial charge in [0.25, 0.3) is 0 Å². The molecule has 2 atom stereocenters. The van der Waals surface area contributed by atoms with Crippen LogP contribution in [-0.2, 0) is 0 Å². The molecule has 2 heteroatoms. The Morgan fingerprint density at radius 2 is 1.42 bits per heavy atom. The molecular formula is C17H32N2. The monoisotopic (exact) mass is 264 g/mol. The maximum absolute atomic E-state index is 3.92. The molecule has 2 nitrogen and oxygen atoms in total. The average molecular weight is 264 g/mol. The largest absolute Gasteiger partial charge is 0.314 e. The average Bonchev–Trinajstić information content (AvgIpc) is 2.61. The van der Waals surface area contributed by atoms with E-state index in [1.54, 1.807) is 0 Å². The molecule has 2 unspecified atom stereocenters. The van der Waals surface area contributed by atoms with Crippen molar-refractivity contribution in [2.75, 3.05) is 13.6 Å². The van der Waals surface area contributed by atoms with Crippen LogP contribution in [0.5, 0.6) is 0 Å². The van der Waals surface area contributed by atoms with Crippen molar-refractivity contribution in [1.29, 1.82) is 0 Å². The van der Waals surface area contributed by atoms with Crippen LogP contribution in [0.25, 0.3) is 0 Å². The molecule has 2 aliphatic heterocycles. The van der Waals surface area contributed by atoms with Crippen molar-refractivity contribution >= 4 is 0 Å². The van der Waals surface area contributed by atoms with Crippen LogP contribution < -0.4 is 5.32 Å². The van der Waals surface area contributed by atoms with Crippen LogP contribution in [-0.4, -0.2) is 36.6 Å². The Morgan fingerprint density at radius 1 is 0.842 bits per heavy atom. The first kappa shape index (κ1) is 13.9. The third kappa shape index (κ3) is 3.52. The van der Waals surface area contributed by atoms with E-state index in [0.717, 1.165) is 24.0 Å². The number of hydrogen-bond donors (Lipinski definition) is 1. The minimum absolute atomic E-state index is 0.831. The standard InChI is InChI=1S/C17H32N2/c1-19-16-9-10-17(19)12-14(11-16)13-18-15-7-5-3-2-4-6-8-15/h14-18H,2-13H2,1H3. The normalized spacial score (nSPS) is 38.1. The van der Waals surface area contributed by atoms with Crippen molar-refractivity contribution in [2.24, 2.45) is 5.92 Å². The highest BCUT2D eigenvalue weighted by Crippen LogP contribution is 2.37. The first-order valence-corrected chi connectivity index (χ1v) is 8.78. The van der Waals surface area contributed by atoms with Crippen molar-refractivity contribution in [1.82, 2.24) is 10.2 Å². The van der Waals surface area contributed by atoms with Crippen LogP contribution in [0.2, 0.25) is 0 Å². The summed E-state index contributed by atoms with van der Waals surface area (Å²) in [4.78, 5) is 2.66. The fourth-order valence-electron chi connectivity index (χ4n) is 4.68. The van der Waals surface area contributed by atoms with Gasteiger partial charge in [-0.05, 0) is 58.0 Å². The van der Waals surface area contributed by atoms with E-state index in [-0.39, 0.29) is 0 Å². The fourth-order valence-corrected chi connectivity index (χ4v) is 4.68. The van der Waals surface area contributed by atoms with Gasteiger partial charge in [0, 0.05) is 18.1 Å². The highest BCUT2D eigenvalue weighted by atomic mass is 15.2. The van der Waals surface area contributed by atoms with E-state index in [2.05, 4.69) is 17.3 Å². The number of piperidine rings is 1. The number of rotatable bonds is 3. The van der Waals surface area contributed by atoms with E-state index in [9.17, 15) is 0 Å². The summed E-state index contributed by atoms with van der Waals surface area (Å²) in [5.41, 5.74) is 0. The Morgan fingerprint density at radius 3 is 2.05 bits per heavy atom. The number of hydrogen-bond acceptors (Lipinski definition) is 2. The Balaban J connectivity index is 1.42. The lowest BCUT2D eigenvalue weighted by atomic mass is 9.90. The summed E-state index contributed by atoms with van der Waals surface area (Å²) in [5, 5.41) is 3.92. The van der Waals surface area contributed by atoms with Gasteiger partial charge in [0.2, 0.25) is 0 Å². The van der Waals surface area contributed by atoms with Gasteiger partial charge in [0.15, 0.2) is 0 Å². The van der Waals surface area contributed by atoms with Gasteiger partial charge in [-0.3, -0.25) is 0 Å². The summed E-state index contributed by atoms with van der Waals surface area (Å²) in [5.74, 6) is 0.958. The first-order valence-electron chi connectivity index (χ1n) is 8.78. The summed E-state index contributed by atoms with van der Waals surface area (Å²) in [6, 6.07) is 2.64. The molecule has 1 saturated carbocycles. The zero-order chi connectivity index (χ0) is 13.1. The van der Waals surface area contributed by atoms with Crippen molar-refractivity contribution in [3.63, 3.8) is 0 Å². The molecule has 1 N–H and O–H groups in total. The number of fused-ring (bicyclic) bond motifs is 2. The van der Waals surface area contributed by atoms with Gasteiger partial charge in [0.05, 0.1) is 0 Å². The smallest absolute Gasteiger partial charge is 0.00988 e. The molecule has 0 radical (unpaired) electrons. The molecule has 3 fully saturated rings. The topological polar surface area (TPSA) is 15.3 Å². The highest BCUT2D eigenvalue weighted by Gasteiger charge is 2.38. The second-order valence-electron chi connectivity index (χ2n) is 7.34. The van der Waals surface area contributed by atoms with E-state index < -0.39 is 0 Å². The molecule has 2 saturated heterocycles. The molecule has 0 amide bonds. The van der Waals surface area contributed by atoms with Gasteiger partial charge in [-0.1, -0.05) is 32.1 Å². The Kier molecular flexibility index (Phi) is 4.81. The van der Waals surface area contributed by atoms with Gasteiger partial charge in [-0.2, -0.15) is 0 Å². The molecule has 19 heavy (non-hydrogen) atoms. The van der Waals surface area contributed by atoms with Gasteiger partial charge in [-0.15, -0.1) is 0 Å². The lowest BCUT2D eigenvalue weighted by molar-refractivity contribution is 0.130. The molecule has 0 aromatic rings. The minimum atomic E-state index is 0.831. The lowest BCUT2D eigenvalue weighted by Crippen LogP contribution is -2.44. The van der Waals surface area contributed by atoms with Crippen molar-refractivity contribution in [3.8, 4) is 0 Å². The highest BCUT2D eigenvalue weighted by molar-refractivity contribution is 4.94. The van der Waals surface area contributed by atoms with Crippen LogP contribution in [0.15, 0.2) is 0 Å². The molecule has 2 bridgehead atoms. The molecule has 3 rings (SSSR count). The lowest BCUT2D eigenvalue weighted by Gasteiger charge is -2.37. The molecule has 0 aromatic heterocycles. The zero-order valence-electron chi connectivity index (χ0n) is 12.7. The molecule has 0 spiro atoms. The van der Waals surface area contributed by atoms with E-state index in [0.29, 0.717) is 0 Å². The molecule has 110 valence electrons. The van der Waals surface area contributed by atoms with Crippen molar-refractivity contribution < 1.29 is 0 Å². The summed E-state index contributed by atoms with van der Waals surface area (Å²) in [7, 11) is 2.35. The van der Waals surface area contributed by atoms with Gasteiger partial charge in [0.1, 0.15) is 0 Å². The molecule has 0 aromatic carbocycles. The van der Waals surface area contributed by atoms with Crippen LogP contribution >= 0.6 is 0 Å². The second kappa shape index (κ2) is 6.58. The van der Waals surface area contributed by atoms with E-state index in [1.165, 1.54) is 77.2 Å². The Hall–Kier alpha value is -0.0800. The summed E-state index contributed by atoms with van der Waals surface area (Å²) >= 11 is 0. The van der Waals surface area contributed by atoms with Gasteiger partial charge in [-0.25, -0.2) is 0 Å². The van der Waals surface area contributed by atoms with E-state index >= 15 is 0 Å². The van der Waals surface area contributed by atoms with Gasteiger partial charge < -0.3 is 10.2 Å². The number of nitrogens with one attached hydrogen (secondary N) is 1. The van der Waals surface area contributed by atoms with Crippen LogP contribution in [0, 0.1) is 5.92 Å². The third-order valence-corrected chi connectivity index (χ3v) is 6.00. The predicted octanol–water partition coefficient (Wildman–Crippen LogP) is 3.56. The molecule has 2 heterocycles. The Labute approximate surface area is 119 Å². The molecule has 1 aliphatic carbocycles. The molecular weight excluding hydrogens is 232 g/mol. The summed E-state index contributed by atoms with van der Waals surface area (Å²) in [6.45, 7) is 1.30. The Bertz CT molecular complexity index is 256. The summed E-state index contributed by atoms with van der Waals surface area (Å²) in [6.07, 6.45) is 16.0. The van der Waals surface area contributed by atoms with Crippen molar-refractivity contribution in [3.05, 3.63) is 0 Å². The number of nitrogens with zero attached hydrogens (tertiary/aromatic N) is 1. The van der Waals surface area contributed by atoms with Crippen LogP contribution in [0.3, 0.4) is 0 Å². The quantitative estimate of drug-likeness (QED) is 0.838. The van der Waals surface area contributed by atoms with Crippen LogP contribution in [0.4, 0.5) is 0 Å². The van der Waals surface area contributed by atoms with E-state index in [1.807, 2.05) is 0 Å². The van der Waals surface area contributed by atoms with E-state index in [4.69, 9.17) is 0 Å². The van der Waals surface area contributed by atoms with Crippen molar-refractivity contribution in [2.45, 2.75) is 88.8 Å². The predicted molar refractivity (Wildman–Crippen MR) is 81.4 cm³/mol. The maximum atomic E-state index is 3.92.